The van der Waals surface area contributed by atoms with Gasteiger partial charge in [-0.25, -0.2) is 9.59 Å². The van der Waals surface area contributed by atoms with E-state index in [1.807, 2.05) is 60.7 Å². The summed E-state index contributed by atoms with van der Waals surface area (Å²) in [6.45, 7) is 7.43. The molecule has 2 aromatic rings. The van der Waals surface area contributed by atoms with E-state index in [9.17, 15) is 24.6 Å². The average Bonchev–Trinajstić information content (AvgIpc) is 2.86. The number of carbonyl (C=O) groups is 3. The smallest absolute Gasteiger partial charge is 0.408 e. The maximum atomic E-state index is 12.9. The number of unbranched alkanes of at least 4 members (excludes halogenated alkanes) is 1. The van der Waals surface area contributed by atoms with Crippen molar-refractivity contribution in [3.05, 3.63) is 71.8 Å². The normalized spacial score (nSPS) is 13.6. The monoisotopic (exact) mass is 513 g/mol. The molecule has 0 radical (unpaired) electrons. The van der Waals surface area contributed by atoms with Gasteiger partial charge in [-0.15, -0.1) is 0 Å². The molecule has 37 heavy (non-hydrogen) atoms. The maximum absolute atomic E-state index is 12.9. The molecular weight excluding hydrogens is 474 g/mol. The predicted molar refractivity (Wildman–Crippen MR) is 141 cm³/mol. The second-order valence-electron chi connectivity index (χ2n) is 9.96. The molecular formula is C28H39N3O6. The minimum atomic E-state index is -1.56. The van der Waals surface area contributed by atoms with Gasteiger partial charge in [0.1, 0.15) is 6.61 Å². The third-order valence-corrected chi connectivity index (χ3v) is 5.96. The third kappa shape index (κ3) is 9.76. The Morgan fingerprint density at radius 2 is 1.57 bits per heavy atom. The van der Waals surface area contributed by atoms with E-state index in [-0.39, 0.29) is 19.1 Å². The van der Waals surface area contributed by atoms with Gasteiger partial charge in [0, 0.05) is 12.1 Å². The van der Waals surface area contributed by atoms with E-state index < -0.39 is 35.8 Å². The Hall–Kier alpha value is -3.59. The number of aliphatic hydroxyl groups is 1. The van der Waals surface area contributed by atoms with E-state index in [0.717, 1.165) is 16.0 Å². The number of aliphatic hydroxyl groups excluding tert-OH is 1. The quantitative estimate of drug-likeness (QED) is 0.310. The van der Waals surface area contributed by atoms with Crippen molar-refractivity contribution in [3.63, 3.8) is 0 Å². The number of nitrogens with zero attached hydrogens (tertiary/aromatic N) is 1. The molecule has 9 nitrogen and oxygen atoms in total. The van der Waals surface area contributed by atoms with Gasteiger partial charge in [0.05, 0.1) is 12.1 Å². The Bertz CT molecular complexity index is 994. The summed E-state index contributed by atoms with van der Waals surface area (Å²) >= 11 is 0. The van der Waals surface area contributed by atoms with Crippen LogP contribution in [-0.2, 0) is 16.1 Å². The highest BCUT2D eigenvalue weighted by atomic mass is 16.5. The van der Waals surface area contributed by atoms with Crippen molar-refractivity contribution in [1.82, 2.24) is 15.5 Å². The minimum Gasteiger partial charge on any atom is -0.465 e. The molecule has 202 valence electrons. The fraction of sp³-hybridized carbons (Fsp3) is 0.464. The predicted octanol–water partition coefficient (Wildman–Crippen LogP) is 4.47. The summed E-state index contributed by atoms with van der Waals surface area (Å²) < 4.78 is 5.18. The van der Waals surface area contributed by atoms with Crippen molar-refractivity contribution >= 4 is 18.1 Å². The first kappa shape index (κ1) is 29.6. The lowest BCUT2D eigenvalue weighted by Gasteiger charge is -2.41. The number of alkyl carbamates (subject to hydrolysis) is 1. The number of benzene rings is 2. The molecule has 2 rings (SSSR count). The third-order valence-electron chi connectivity index (χ3n) is 5.96. The first-order valence-electron chi connectivity index (χ1n) is 12.5. The molecule has 0 aliphatic heterocycles. The van der Waals surface area contributed by atoms with E-state index in [1.54, 1.807) is 27.7 Å². The Morgan fingerprint density at radius 3 is 2.14 bits per heavy atom. The van der Waals surface area contributed by atoms with Gasteiger partial charge in [-0.3, -0.25) is 9.69 Å². The van der Waals surface area contributed by atoms with Crippen LogP contribution in [0.25, 0.3) is 0 Å². The largest absolute Gasteiger partial charge is 0.465 e. The van der Waals surface area contributed by atoms with E-state index in [4.69, 9.17) is 4.74 Å². The van der Waals surface area contributed by atoms with Gasteiger partial charge >= 0.3 is 12.2 Å². The number of carbonyl (C=O) groups excluding carboxylic acids is 2. The van der Waals surface area contributed by atoms with Gasteiger partial charge in [-0.05, 0) is 58.1 Å². The lowest BCUT2D eigenvalue weighted by Crippen LogP contribution is -2.58. The molecule has 0 aliphatic rings. The van der Waals surface area contributed by atoms with Crippen LogP contribution in [-0.4, -0.2) is 57.4 Å². The Labute approximate surface area is 218 Å². The first-order chi connectivity index (χ1) is 17.5. The van der Waals surface area contributed by atoms with Gasteiger partial charge in [0.15, 0.2) is 6.10 Å². The Balaban J connectivity index is 1.94. The summed E-state index contributed by atoms with van der Waals surface area (Å²) in [4.78, 5) is 38.1. The van der Waals surface area contributed by atoms with Crippen LogP contribution >= 0.6 is 0 Å². The highest BCUT2D eigenvalue weighted by molar-refractivity contribution is 5.82. The molecule has 0 spiro atoms. The van der Waals surface area contributed by atoms with Gasteiger partial charge in [-0.1, -0.05) is 60.7 Å². The maximum Gasteiger partial charge on any atom is 0.408 e. The molecule has 0 saturated heterocycles. The zero-order valence-corrected chi connectivity index (χ0v) is 22.0. The molecule has 0 aromatic heterocycles. The van der Waals surface area contributed by atoms with Crippen molar-refractivity contribution < 1.29 is 29.3 Å². The van der Waals surface area contributed by atoms with E-state index in [1.165, 1.54) is 0 Å². The average molecular weight is 514 g/mol. The van der Waals surface area contributed by atoms with Crippen LogP contribution in [0.3, 0.4) is 0 Å². The molecule has 2 aromatic carbocycles. The Morgan fingerprint density at radius 1 is 0.973 bits per heavy atom. The molecule has 0 aliphatic carbocycles. The molecule has 0 fully saturated rings. The first-order valence-corrected chi connectivity index (χ1v) is 12.5. The summed E-state index contributed by atoms with van der Waals surface area (Å²) in [5.74, 6) is -0.639. The molecule has 0 saturated carbocycles. The standard InChI is InChI=1S/C28H39N3O6/c1-20(22-15-9-6-10-16-22)30-25(33)24(32)23(31(27(35)36)28(2,3)4)17-11-12-18-29-26(34)37-19-21-13-7-5-8-14-21/h5-10,13-16,20,23-24,32H,11-12,17-19H2,1-4H3,(H,29,34)(H,30,33)(H,35,36)/t20-,23?,24?/m1/s1. The molecule has 0 heterocycles. The van der Waals surface area contributed by atoms with Gasteiger partial charge in [0.25, 0.3) is 5.91 Å². The summed E-state index contributed by atoms with van der Waals surface area (Å²) in [5.41, 5.74) is 0.906. The second-order valence-corrected chi connectivity index (χ2v) is 9.96. The number of hydrogen-bond acceptors (Lipinski definition) is 5. The number of nitrogens with one attached hydrogen (secondary N) is 2. The molecule has 0 bridgehead atoms. The van der Waals surface area contributed by atoms with Crippen molar-refractivity contribution in [2.45, 2.75) is 77.3 Å². The van der Waals surface area contributed by atoms with Gasteiger partial charge < -0.3 is 25.6 Å². The van der Waals surface area contributed by atoms with Gasteiger partial charge in [-0.2, -0.15) is 0 Å². The highest BCUT2D eigenvalue weighted by Crippen LogP contribution is 2.24. The number of rotatable bonds is 12. The zero-order valence-electron chi connectivity index (χ0n) is 22.0. The molecule has 9 heteroatoms. The highest BCUT2D eigenvalue weighted by Gasteiger charge is 2.39. The van der Waals surface area contributed by atoms with Crippen LogP contribution < -0.4 is 10.6 Å². The van der Waals surface area contributed by atoms with Crippen LogP contribution in [0.2, 0.25) is 0 Å². The van der Waals surface area contributed by atoms with Crippen molar-refractivity contribution in [1.29, 1.82) is 0 Å². The summed E-state index contributed by atoms with van der Waals surface area (Å²) in [5, 5.41) is 26.3. The van der Waals surface area contributed by atoms with E-state index >= 15 is 0 Å². The molecule has 2 unspecified atom stereocenters. The number of carboxylic acid groups (broad SMARTS) is 1. The van der Waals surface area contributed by atoms with E-state index in [0.29, 0.717) is 19.4 Å². The lowest BCUT2D eigenvalue weighted by atomic mass is 9.95. The van der Waals surface area contributed by atoms with Crippen molar-refractivity contribution in [2.75, 3.05) is 6.54 Å². The van der Waals surface area contributed by atoms with Gasteiger partial charge in [0.2, 0.25) is 0 Å². The number of ether oxygens (including phenoxy) is 1. The number of amides is 3. The fourth-order valence-corrected chi connectivity index (χ4v) is 4.10. The fourth-order valence-electron chi connectivity index (χ4n) is 4.10. The van der Waals surface area contributed by atoms with Crippen LogP contribution in [0.4, 0.5) is 9.59 Å². The Kier molecular flexibility index (Phi) is 11.4. The summed E-state index contributed by atoms with van der Waals surface area (Å²) in [7, 11) is 0. The van der Waals surface area contributed by atoms with Crippen LogP contribution in [0.5, 0.6) is 0 Å². The van der Waals surface area contributed by atoms with Crippen LogP contribution in [0.15, 0.2) is 60.7 Å². The summed E-state index contributed by atoms with van der Waals surface area (Å²) in [6, 6.07) is 17.3. The molecule has 3 atom stereocenters. The molecule has 3 amide bonds. The van der Waals surface area contributed by atoms with Crippen LogP contribution in [0.1, 0.15) is 64.1 Å². The number of hydrogen-bond donors (Lipinski definition) is 4. The lowest BCUT2D eigenvalue weighted by molar-refractivity contribution is -0.134. The topological polar surface area (TPSA) is 128 Å². The SMILES string of the molecule is C[C@@H](NC(=O)C(O)C(CCCCNC(=O)OCc1ccccc1)N(C(=O)O)C(C)(C)C)c1ccccc1. The van der Waals surface area contributed by atoms with Crippen molar-refractivity contribution in [2.24, 2.45) is 0 Å². The minimum absolute atomic E-state index is 0.163. The van der Waals surface area contributed by atoms with Crippen LogP contribution in [0, 0.1) is 0 Å². The summed E-state index contributed by atoms with van der Waals surface area (Å²) in [6.07, 6.45) is -2.10. The second kappa shape index (κ2) is 14.2. The zero-order chi connectivity index (χ0) is 27.4. The van der Waals surface area contributed by atoms with E-state index in [2.05, 4.69) is 10.6 Å². The molecule has 4 N–H and O–H groups in total. The van der Waals surface area contributed by atoms with Crippen molar-refractivity contribution in [3.8, 4) is 0 Å².